The Morgan fingerprint density at radius 3 is 2.32 bits per heavy atom. The Labute approximate surface area is 210 Å². The highest BCUT2D eigenvalue weighted by molar-refractivity contribution is 5.76. The third kappa shape index (κ3) is 7.53. The topological polar surface area (TPSA) is 130 Å². The molecule has 37 heavy (non-hydrogen) atoms. The number of urea groups is 1. The minimum atomic E-state index is -4.44. The summed E-state index contributed by atoms with van der Waals surface area (Å²) in [7, 11) is 0. The molecule has 0 saturated carbocycles. The fourth-order valence-electron chi connectivity index (χ4n) is 3.30. The smallest absolute Gasteiger partial charge is 0.350 e. The number of nitrogens with one attached hydrogen (secondary N) is 4. The molecule has 0 saturated heterocycles. The van der Waals surface area contributed by atoms with Gasteiger partial charge in [-0.2, -0.15) is 13.2 Å². The summed E-state index contributed by atoms with van der Waals surface area (Å²) >= 11 is 0. The lowest BCUT2D eigenvalue weighted by molar-refractivity contribution is -0.137. The van der Waals surface area contributed by atoms with E-state index in [2.05, 4.69) is 31.5 Å². The van der Waals surface area contributed by atoms with E-state index in [4.69, 9.17) is 0 Å². The highest BCUT2D eigenvalue weighted by Crippen LogP contribution is 2.29. The van der Waals surface area contributed by atoms with Crippen molar-refractivity contribution < 1.29 is 22.8 Å². The molecule has 4 N–H and O–H groups in total. The maximum atomic E-state index is 12.8. The Morgan fingerprint density at radius 2 is 1.68 bits per heavy atom. The lowest BCUT2D eigenvalue weighted by Gasteiger charge is -2.14. The zero-order chi connectivity index (χ0) is 27.2. The molecule has 3 amide bonds. The van der Waals surface area contributed by atoms with E-state index in [9.17, 15) is 27.6 Å². The van der Waals surface area contributed by atoms with Crippen LogP contribution in [0.4, 0.5) is 23.8 Å². The van der Waals surface area contributed by atoms with E-state index < -0.39 is 29.2 Å². The molecule has 0 radical (unpaired) electrons. The molecule has 0 fully saturated rings. The number of pyridine rings is 1. The van der Waals surface area contributed by atoms with Gasteiger partial charge in [-0.1, -0.05) is 18.2 Å². The van der Waals surface area contributed by atoms with Crippen LogP contribution in [0.15, 0.2) is 47.4 Å². The molecule has 1 aromatic carbocycles. The van der Waals surface area contributed by atoms with Crippen LogP contribution in [-0.2, 0) is 30.6 Å². The lowest BCUT2D eigenvalue weighted by Crippen LogP contribution is -2.41. The zero-order valence-electron chi connectivity index (χ0n) is 20.4. The number of hydrazine groups is 1. The van der Waals surface area contributed by atoms with Crippen molar-refractivity contribution in [1.29, 1.82) is 0 Å². The summed E-state index contributed by atoms with van der Waals surface area (Å²) < 4.78 is 39.1. The molecule has 0 atom stereocenters. The highest BCUT2D eigenvalue weighted by atomic mass is 19.4. The molecule has 0 spiro atoms. The van der Waals surface area contributed by atoms with Gasteiger partial charge in [-0.15, -0.1) is 0 Å². The SMILES string of the molecule is Cc1ccc(CNC(=O)Cn2c(C)cnc(NNC(=O)NCc3ccc(C(F)(F)F)cc3)c2=O)c(C)n1. The third-order valence-corrected chi connectivity index (χ3v) is 5.39. The van der Waals surface area contributed by atoms with Gasteiger partial charge in [0.1, 0.15) is 6.54 Å². The predicted octanol–water partition coefficient (Wildman–Crippen LogP) is 2.73. The van der Waals surface area contributed by atoms with Crippen LogP contribution in [0.5, 0.6) is 0 Å². The number of anilines is 1. The second-order valence-corrected chi connectivity index (χ2v) is 8.24. The number of alkyl halides is 3. The van der Waals surface area contributed by atoms with Crippen molar-refractivity contribution in [3.63, 3.8) is 0 Å². The van der Waals surface area contributed by atoms with Crippen molar-refractivity contribution >= 4 is 17.8 Å². The van der Waals surface area contributed by atoms with Crippen molar-refractivity contribution in [3.8, 4) is 0 Å². The molecule has 0 aliphatic carbocycles. The molecule has 3 aromatic rings. The van der Waals surface area contributed by atoms with Crippen molar-refractivity contribution in [3.05, 3.63) is 86.7 Å². The first-order valence-corrected chi connectivity index (χ1v) is 11.2. The summed E-state index contributed by atoms with van der Waals surface area (Å²) in [5.74, 6) is -0.619. The Kier molecular flexibility index (Phi) is 8.48. The first-order valence-electron chi connectivity index (χ1n) is 11.2. The number of nitrogens with zero attached hydrogens (tertiary/aromatic N) is 3. The van der Waals surface area contributed by atoms with E-state index in [0.717, 1.165) is 29.1 Å². The number of carbonyl (C=O) groups excluding carboxylic acids is 2. The van der Waals surface area contributed by atoms with Gasteiger partial charge in [0.2, 0.25) is 11.7 Å². The van der Waals surface area contributed by atoms with Gasteiger partial charge in [0.25, 0.3) is 5.56 Å². The molecule has 10 nitrogen and oxygen atoms in total. The molecule has 3 rings (SSSR count). The lowest BCUT2D eigenvalue weighted by atomic mass is 10.1. The van der Waals surface area contributed by atoms with Crippen molar-refractivity contribution in [2.45, 2.75) is 46.6 Å². The molecule has 0 bridgehead atoms. The van der Waals surface area contributed by atoms with Crippen LogP contribution in [0, 0.1) is 20.8 Å². The summed E-state index contributed by atoms with van der Waals surface area (Å²) in [4.78, 5) is 45.6. The quantitative estimate of drug-likeness (QED) is 0.340. The van der Waals surface area contributed by atoms with E-state index in [1.54, 1.807) is 6.92 Å². The van der Waals surface area contributed by atoms with Gasteiger partial charge in [-0.3, -0.25) is 30.0 Å². The highest BCUT2D eigenvalue weighted by Gasteiger charge is 2.29. The van der Waals surface area contributed by atoms with Gasteiger partial charge in [-0.05, 0) is 50.1 Å². The van der Waals surface area contributed by atoms with E-state index >= 15 is 0 Å². The summed E-state index contributed by atoms with van der Waals surface area (Å²) in [6.45, 7) is 5.27. The van der Waals surface area contributed by atoms with Gasteiger partial charge in [-0.25, -0.2) is 9.78 Å². The van der Waals surface area contributed by atoms with Crippen LogP contribution < -0.4 is 27.0 Å². The molecule has 2 heterocycles. The third-order valence-electron chi connectivity index (χ3n) is 5.39. The van der Waals surface area contributed by atoms with Gasteiger partial charge in [0.15, 0.2) is 0 Å². The molecule has 13 heteroatoms. The van der Waals surface area contributed by atoms with Crippen molar-refractivity contribution in [1.82, 2.24) is 30.6 Å². The van der Waals surface area contributed by atoms with Crippen LogP contribution in [0.2, 0.25) is 0 Å². The second kappa shape index (κ2) is 11.5. The van der Waals surface area contributed by atoms with Gasteiger partial charge >= 0.3 is 12.2 Å². The number of hydrogen-bond donors (Lipinski definition) is 4. The number of aryl methyl sites for hydroxylation is 3. The molecule has 0 aliphatic heterocycles. The van der Waals surface area contributed by atoms with Gasteiger partial charge < -0.3 is 10.6 Å². The zero-order valence-corrected chi connectivity index (χ0v) is 20.4. The van der Waals surface area contributed by atoms with Crippen LogP contribution >= 0.6 is 0 Å². The molecule has 0 unspecified atom stereocenters. The summed E-state index contributed by atoms with van der Waals surface area (Å²) in [5.41, 5.74) is 6.61. The van der Waals surface area contributed by atoms with Crippen LogP contribution in [0.3, 0.4) is 0 Å². The van der Waals surface area contributed by atoms with Crippen LogP contribution in [0.1, 0.15) is 33.8 Å². The number of amides is 3. The summed E-state index contributed by atoms with van der Waals surface area (Å²) in [6, 6.07) is 7.31. The van der Waals surface area contributed by atoms with Crippen molar-refractivity contribution in [2.24, 2.45) is 0 Å². The Balaban J connectivity index is 1.54. The minimum absolute atomic E-state index is 0.0483. The maximum Gasteiger partial charge on any atom is 0.416 e. The van der Waals surface area contributed by atoms with Gasteiger partial charge in [0.05, 0.1) is 5.56 Å². The molecule has 2 aromatic heterocycles. The van der Waals surface area contributed by atoms with E-state index in [1.165, 1.54) is 22.9 Å². The summed E-state index contributed by atoms with van der Waals surface area (Å²) in [6.07, 6.45) is -3.08. The fraction of sp³-hybridized carbons (Fsp3) is 0.292. The molecule has 196 valence electrons. The Bertz CT molecular complexity index is 1340. The number of hydrogen-bond acceptors (Lipinski definition) is 6. The first-order chi connectivity index (χ1) is 17.4. The minimum Gasteiger partial charge on any atom is -0.350 e. The van der Waals surface area contributed by atoms with Crippen molar-refractivity contribution in [2.75, 3.05) is 5.43 Å². The number of carbonyl (C=O) groups is 2. The second-order valence-electron chi connectivity index (χ2n) is 8.24. The van der Waals surface area contributed by atoms with E-state index in [-0.39, 0.29) is 25.5 Å². The molecular weight excluding hydrogens is 491 g/mol. The monoisotopic (exact) mass is 517 g/mol. The number of benzene rings is 1. The summed E-state index contributed by atoms with van der Waals surface area (Å²) in [5, 5.41) is 5.20. The van der Waals surface area contributed by atoms with E-state index in [0.29, 0.717) is 11.3 Å². The average Bonchev–Trinajstić information content (AvgIpc) is 2.84. The normalized spacial score (nSPS) is 11.1. The van der Waals surface area contributed by atoms with Crippen LogP contribution in [0.25, 0.3) is 0 Å². The Hall–Kier alpha value is -4.42. The average molecular weight is 518 g/mol. The largest absolute Gasteiger partial charge is 0.416 e. The fourth-order valence-corrected chi connectivity index (χ4v) is 3.30. The first kappa shape index (κ1) is 27.2. The van der Waals surface area contributed by atoms with Crippen LogP contribution in [-0.4, -0.2) is 26.5 Å². The molecule has 0 aliphatic rings. The Morgan fingerprint density at radius 1 is 0.973 bits per heavy atom. The number of halogens is 3. The number of rotatable bonds is 8. The molecular formula is C24H26F3N7O3. The standard InChI is InChI=1S/C24H26F3N7O3/c1-14-4-7-18(16(3)31-14)12-28-20(35)13-34-15(2)10-29-21(22(34)36)32-33-23(37)30-11-17-5-8-19(9-6-17)24(25,26)27/h4-10H,11-13H2,1-3H3,(H,28,35)(H,29,32)(H2,30,33,37). The number of aromatic nitrogens is 3. The predicted molar refractivity (Wildman–Crippen MR) is 129 cm³/mol. The maximum absolute atomic E-state index is 12.8. The van der Waals surface area contributed by atoms with E-state index in [1.807, 2.05) is 26.0 Å². The van der Waals surface area contributed by atoms with Gasteiger partial charge in [0, 0.05) is 36.4 Å².